The third kappa shape index (κ3) is 4.02. The summed E-state index contributed by atoms with van der Waals surface area (Å²) in [5, 5.41) is 1.18. The van der Waals surface area contributed by atoms with E-state index in [2.05, 4.69) is 34.1 Å². The fraction of sp³-hybridized carbons (Fsp3) is 0.240. The number of para-hydroxylation sites is 1. The summed E-state index contributed by atoms with van der Waals surface area (Å²) in [6.07, 6.45) is 1.44. The number of carbonyl (C=O) groups excluding carboxylic acids is 1. The second kappa shape index (κ2) is 8.75. The number of H-pyrrole nitrogens is 1. The maximum atomic E-state index is 13.1. The number of hydrogen-bond acceptors (Lipinski definition) is 4. The van der Waals surface area contributed by atoms with Crippen molar-refractivity contribution in [3.8, 4) is 11.3 Å². The first-order valence-electron chi connectivity index (χ1n) is 11.2. The van der Waals surface area contributed by atoms with Gasteiger partial charge in [0.1, 0.15) is 10.6 Å². The summed E-state index contributed by atoms with van der Waals surface area (Å²) in [7, 11) is -2.08. The number of fused-ring (bicyclic) bond motifs is 1. The van der Waals surface area contributed by atoms with Gasteiger partial charge in [0.05, 0.1) is 5.69 Å². The number of nitrogens with zero attached hydrogens (tertiary/aromatic N) is 3. The van der Waals surface area contributed by atoms with Crippen molar-refractivity contribution in [2.45, 2.75) is 11.4 Å². The molecule has 0 atom stereocenters. The van der Waals surface area contributed by atoms with Crippen LogP contribution < -0.4 is 5.73 Å². The van der Waals surface area contributed by atoms with Crippen molar-refractivity contribution in [3.05, 3.63) is 78.1 Å². The van der Waals surface area contributed by atoms with Crippen molar-refractivity contribution in [1.82, 2.24) is 18.8 Å². The Hall–Kier alpha value is -3.40. The molecule has 3 N–H and O–H groups in total. The summed E-state index contributed by atoms with van der Waals surface area (Å²) in [6.45, 7) is 2.71. The van der Waals surface area contributed by atoms with Crippen LogP contribution in [0, 0.1) is 0 Å². The average Bonchev–Trinajstić information content (AvgIpc) is 3.42. The zero-order valence-electron chi connectivity index (χ0n) is 18.9. The molecule has 3 heterocycles. The summed E-state index contributed by atoms with van der Waals surface area (Å²) >= 11 is 0. The number of piperazine rings is 1. The molecule has 0 spiro atoms. The van der Waals surface area contributed by atoms with Gasteiger partial charge in [0, 0.05) is 56.9 Å². The van der Waals surface area contributed by atoms with E-state index < -0.39 is 15.9 Å². The molecule has 176 valence electrons. The zero-order valence-corrected chi connectivity index (χ0v) is 19.8. The van der Waals surface area contributed by atoms with E-state index in [9.17, 15) is 13.2 Å². The first-order valence-corrected chi connectivity index (χ1v) is 12.6. The van der Waals surface area contributed by atoms with E-state index in [1.807, 2.05) is 30.3 Å². The van der Waals surface area contributed by atoms with Crippen LogP contribution >= 0.6 is 0 Å². The lowest BCUT2D eigenvalue weighted by Crippen LogP contribution is -2.48. The number of aryl methyl sites for hydroxylation is 1. The van der Waals surface area contributed by atoms with Gasteiger partial charge in [-0.1, -0.05) is 48.5 Å². The molecule has 4 aromatic rings. The molecule has 34 heavy (non-hydrogen) atoms. The van der Waals surface area contributed by atoms with Gasteiger partial charge in [-0.25, -0.2) is 8.42 Å². The first-order chi connectivity index (χ1) is 16.3. The van der Waals surface area contributed by atoms with Crippen LogP contribution in [0.3, 0.4) is 0 Å². The fourth-order valence-corrected chi connectivity index (χ4v) is 6.13. The standard InChI is InChI=1S/C25H27N5O3S/c1-28-16-19(15-23(28)25(26)31)34(32,33)30-13-11-29(12-14-30)17-21-20-9-5-6-10-22(20)27-24(21)18-7-3-2-4-8-18/h2-10,15-16,27H,11-14,17H2,1H3,(H2,26,31). The Morgan fingerprint density at radius 1 is 1.00 bits per heavy atom. The lowest BCUT2D eigenvalue weighted by atomic mass is 10.0. The number of aromatic amines is 1. The van der Waals surface area contributed by atoms with E-state index in [-0.39, 0.29) is 10.6 Å². The van der Waals surface area contributed by atoms with Gasteiger partial charge >= 0.3 is 0 Å². The second-order valence-corrected chi connectivity index (χ2v) is 10.5. The van der Waals surface area contributed by atoms with E-state index in [0.29, 0.717) is 26.2 Å². The van der Waals surface area contributed by atoms with Crippen LogP contribution in [0.5, 0.6) is 0 Å². The molecule has 8 nitrogen and oxygen atoms in total. The van der Waals surface area contributed by atoms with Crippen molar-refractivity contribution in [1.29, 1.82) is 0 Å². The highest BCUT2D eigenvalue weighted by Crippen LogP contribution is 2.32. The molecule has 2 aromatic carbocycles. The number of benzene rings is 2. The monoisotopic (exact) mass is 477 g/mol. The van der Waals surface area contributed by atoms with E-state index in [0.717, 1.165) is 23.3 Å². The molecular weight excluding hydrogens is 450 g/mol. The Bertz CT molecular complexity index is 1450. The molecule has 0 saturated carbocycles. The van der Waals surface area contributed by atoms with E-state index in [1.165, 1.54) is 32.1 Å². The molecule has 2 aromatic heterocycles. The highest BCUT2D eigenvalue weighted by Gasteiger charge is 2.30. The van der Waals surface area contributed by atoms with Crippen molar-refractivity contribution < 1.29 is 13.2 Å². The molecule has 0 aliphatic carbocycles. The predicted octanol–water partition coefficient (Wildman–Crippen LogP) is 2.78. The van der Waals surface area contributed by atoms with Crippen LogP contribution in [0.2, 0.25) is 0 Å². The molecular formula is C25H27N5O3S. The number of primary amides is 1. The second-order valence-electron chi connectivity index (χ2n) is 8.61. The van der Waals surface area contributed by atoms with Crippen molar-refractivity contribution >= 4 is 26.8 Å². The van der Waals surface area contributed by atoms with Crippen LogP contribution in [0.4, 0.5) is 0 Å². The lowest BCUT2D eigenvalue weighted by Gasteiger charge is -2.34. The van der Waals surface area contributed by atoms with Crippen LogP contribution in [-0.4, -0.2) is 59.3 Å². The molecule has 0 unspecified atom stereocenters. The third-order valence-electron chi connectivity index (χ3n) is 6.46. The average molecular weight is 478 g/mol. The quantitative estimate of drug-likeness (QED) is 0.446. The minimum atomic E-state index is -3.70. The molecule has 9 heteroatoms. The maximum absolute atomic E-state index is 13.1. The van der Waals surface area contributed by atoms with Crippen molar-refractivity contribution in [3.63, 3.8) is 0 Å². The molecule has 0 bridgehead atoms. The van der Waals surface area contributed by atoms with Crippen molar-refractivity contribution in [2.24, 2.45) is 12.8 Å². The summed E-state index contributed by atoms with van der Waals surface area (Å²) in [5.41, 5.74) is 10.1. The van der Waals surface area contributed by atoms with E-state index >= 15 is 0 Å². The SMILES string of the molecule is Cn1cc(S(=O)(=O)N2CCN(Cc3c(-c4ccccc4)[nH]c4ccccc34)CC2)cc1C(N)=O. The first kappa shape index (κ1) is 22.4. The molecule has 1 aliphatic rings. The Labute approximate surface area is 198 Å². The number of amides is 1. The smallest absolute Gasteiger partial charge is 0.265 e. The lowest BCUT2D eigenvalue weighted by molar-refractivity contribution is 0.0992. The van der Waals surface area contributed by atoms with Gasteiger partial charge in [0.25, 0.3) is 5.91 Å². The summed E-state index contributed by atoms with van der Waals surface area (Å²) < 4.78 is 29.2. The van der Waals surface area contributed by atoms with Crippen LogP contribution in [0.1, 0.15) is 16.1 Å². The van der Waals surface area contributed by atoms with Gasteiger partial charge in [-0.15, -0.1) is 0 Å². The number of nitrogens with one attached hydrogen (secondary N) is 1. The predicted molar refractivity (Wildman–Crippen MR) is 132 cm³/mol. The summed E-state index contributed by atoms with van der Waals surface area (Å²) in [5.74, 6) is -0.651. The highest BCUT2D eigenvalue weighted by molar-refractivity contribution is 7.89. The molecule has 1 aliphatic heterocycles. The van der Waals surface area contributed by atoms with Gasteiger partial charge in [0.2, 0.25) is 10.0 Å². The number of carbonyl (C=O) groups is 1. The summed E-state index contributed by atoms with van der Waals surface area (Å²) in [6, 6.07) is 19.9. The minimum absolute atomic E-state index is 0.0974. The fourth-order valence-electron chi connectivity index (χ4n) is 4.64. The summed E-state index contributed by atoms with van der Waals surface area (Å²) in [4.78, 5) is 17.5. The largest absolute Gasteiger partial charge is 0.364 e. The number of aromatic nitrogens is 2. The minimum Gasteiger partial charge on any atom is -0.364 e. The topological polar surface area (TPSA) is 104 Å². The Morgan fingerprint density at radius 2 is 1.68 bits per heavy atom. The number of nitrogens with two attached hydrogens (primary N) is 1. The normalized spacial score (nSPS) is 15.7. The number of hydrogen-bond donors (Lipinski definition) is 2. The van der Waals surface area contributed by atoms with Crippen LogP contribution in [0.15, 0.2) is 71.8 Å². The van der Waals surface area contributed by atoms with E-state index in [1.54, 1.807) is 7.05 Å². The van der Waals surface area contributed by atoms with Gasteiger partial charge in [0.15, 0.2) is 0 Å². The molecule has 5 rings (SSSR count). The highest BCUT2D eigenvalue weighted by atomic mass is 32.2. The Morgan fingerprint density at radius 3 is 2.35 bits per heavy atom. The zero-order chi connectivity index (χ0) is 23.9. The van der Waals surface area contributed by atoms with Gasteiger partial charge < -0.3 is 15.3 Å². The van der Waals surface area contributed by atoms with Gasteiger partial charge in [-0.2, -0.15) is 4.31 Å². The van der Waals surface area contributed by atoms with Crippen LogP contribution in [0.25, 0.3) is 22.2 Å². The van der Waals surface area contributed by atoms with E-state index in [4.69, 9.17) is 5.73 Å². The molecule has 1 fully saturated rings. The maximum Gasteiger partial charge on any atom is 0.265 e. The van der Waals surface area contributed by atoms with Crippen LogP contribution in [-0.2, 0) is 23.6 Å². The Kier molecular flexibility index (Phi) is 5.76. The van der Waals surface area contributed by atoms with Gasteiger partial charge in [-0.05, 0) is 23.3 Å². The number of rotatable bonds is 6. The molecule has 1 amide bonds. The van der Waals surface area contributed by atoms with Gasteiger partial charge in [-0.3, -0.25) is 9.69 Å². The number of sulfonamides is 1. The molecule has 1 saturated heterocycles. The van der Waals surface area contributed by atoms with Crippen molar-refractivity contribution in [2.75, 3.05) is 26.2 Å². The molecule has 0 radical (unpaired) electrons. The third-order valence-corrected chi connectivity index (χ3v) is 8.32. The Balaban J connectivity index is 1.36.